The van der Waals surface area contributed by atoms with Crippen molar-refractivity contribution in [3.63, 3.8) is 0 Å². The molecule has 0 saturated heterocycles. The van der Waals surface area contributed by atoms with Gasteiger partial charge in [0.2, 0.25) is 5.76 Å². The van der Waals surface area contributed by atoms with Crippen LogP contribution in [0.2, 0.25) is 0 Å². The van der Waals surface area contributed by atoms with Crippen molar-refractivity contribution in [2.45, 2.75) is 0 Å². The molecule has 9 heteroatoms. The highest BCUT2D eigenvalue weighted by Gasteiger charge is 2.16. The molecule has 1 aromatic rings. The lowest BCUT2D eigenvalue weighted by molar-refractivity contribution is -0.136. The lowest BCUT2D eigenvalue weighted by Gasteiger charge is -1.99. The van der Waals surface area contributed by atoms with Crippen LogP contribution in [-0.4, -0.2) is 27.7 Å². The Morgan fingerprint density at radius 2 is 2.24 bits per heavy atom. The highest BCUT2D eigenvalue weighted by Crippen LogP contribution is 2.12. The Labute approximate surface area is 99.2 Å². The van der Waals surface area contributed by atoms with Gasteiger partial charge < -0.3 is 21.4 Å². The van der Waals surface area contributed by atoms with Gasteiger partial charge >= 0.3 is 5.97 Å². The van der Waals surface area contributed by atoms with E-state index in [0.717, 1.165) is 11.3 Å². The Hall–Kier alpha value is -2.42. The SMILES string of the molecule is C=C(O/N=C(/C(N)=O)c1csc(N)n1)C(=O)O. The molecule has 0 aliphatic carbocycles. The molecule has 1 heterocycles. The zero-order valence-electron chi connectivity index (χ0n) is 8.41. The zero-order valence-corrected chi connectivity index (χ0v) is 9.23. The molecule has 5 N–H and O–H groups in total. The van der Waals surface area contributed by atoms with Gasteiger partial charge in [-0.2, -0.15) is 0 Å². The van der Waals surface area contributed by atoms with Crippen LogP contribution < -0.4 is 11.5 Å². The van der Waals surface area contributed by atoms with E-state index in [1.807, 2.05) is 0 Å². The fraction of sp³-hybridized carbons (Fsp3) is 0. The Morgan fingerprint density at radius 1 is 1.59 bits per heavy atom. The number of amides is 1. The number of carbonyl (C=O) groups excluding carboxylic acids is 1. The molecule has 0 bridgehead atoms. The van der Waals surface area contributed by atoms with Crippen LogP contribution in [-0.2, 0) is 14.4 Å². The summed E-state index contributed by atoms with van der Waals surface area (Å²) in [5.41, 5.74) is 10.2. The molecule has 0 atom stereocenters. The molecule has 0 spiro atoms. The van der Waals surface area contributed by atoms with E-state index in [4.69, 9.17) is 16.6 Å². The normalized spacial score (nSPS) is 10.9. The van der Waals surface area contributed by atoms with Gasteiger partial charge in [-0.3, -0.25) is 4.79 Å². The molecule has 90 valence electrons. The summed E-state index contributed by atoms with van der Waals surface area (Å²) in [4.78, 5) is 29.6. The van der Waals surface area contributed by atoms with Crippen molar-refractivity contribution < 1.29 is 19.5 Å². The molecular weight excluding hydrogens is 248 g/mol. The largest absolute Gasteiger partial charge is 0.475 e. The van der Waals surface area contributed by atoms with Gasteiger partial charge in [-0.15, -0.1) is 11.3 Å². The van der Waals surface area contributed by atoms with Crippen LogP contribution in [0.3, 0.4) is 0 Å². The van der Waals surface area contributed by atoms with Crippen molar-refractivity contribution in [1.29, 1.82) is 0 Å². The van der Waals surface area contributed by atoms with Crippen molar-refractivity contribution in [3.05, 3.63) is 23.4 Å². The fourth-order valence-electron chi connectivity index (χ4n) is 0.754. The summed E-state index contributed by atoms with van der Waals surface area (Å²) < 4.78 is 0. The number of carbonyl (C=O) groups is 2. The van der Waals surface area contributed by atoms with Crippen LogP contribution in [0.1, 0.15) is 5.69 Å². The number of nitrogen functional groups attached to an aromatic ring is 1. The number of rotatable bonds is 5. The van der Waals surface area contributed by atoms with Crippen molar-refractivity contribution >= 4 is 34.1 Å². The van der Waals surface area contributed by atoms with Crippen LogP contribution >= 0.6 is 11.3 Å². The maximum atomic E-state index is 11.0. The van der Waals surface area contributed by atoms with Crippen LogP contribution in [0.4, 0.5) is 5.13 Å². The molecule has 0 aliphatic heterocycles. The summed E-state index contributed by atoms with van der Waals surface area (Å²) in [6.07, 6.45) is 0. The second-order valence-electron chi connectivity index (χ2n) is 2.69. The Bertz CT molecular complexity index is 507. The predicted octanol–water partition coefficient (Wildman–Crippen LogP) is -0.470. The number of hydrogen-bond acceptors (Lipinski definition) is 7. The van der Waals surface area contributed by atoms with Crippen LogP contribution in [0.15, 0.2) is 22.9 Å². The summed E-state index contributed by atoms with van der Waals surface area (Å²) in [6, 6.07) is 0. The molecule has 17 heavy (non-hydrogen) atoms. The monoisotopic (exact) mass is 256 g/mol. The molecule has 8 nitrogen and oxygen atoms in total. The van der Waals surface area contributed by atoms with E-state index in [1.165, 1.54) is 5.38 Å². The minimum absolute atomic E-state index is 0.109. The molecule has 1 rings (SSSR count). The van der Waals surface area contributed by atoms with Gasteiger partial charge in [-0.25, -0.2) is 9.78 Å². The number of nitrogens with two attached hydrogens (primary N) is 2. The van der Waals surface area contributed by atoms with E-state index >= 15 is 0 Å². The van der Waals surface area contributed by atoms with Gasteiger partial charge in [0.25, 0.3) is 5.91 Å². The molecule has 0 saturated carbocycles. The zero-order chi connectivity index (χ0) is 13.0. The molecule has 0 aliphatic rings. The van der Waals surface area contributed by atoms with Crippen LogP contribution in [0, 0.1) is 0 Å². The molecule has 0 aromatic carbocycles. The second-order valence-corrected chi connectivity index (χ2v) is 3.58. The van der Waals surface area contributed by atoms with Crippen LogP contribution in [0.25, 0.3) is 0 Å². The third kappa shape index (κ3) is 3.28. The van der Waals surface area contributed by atoms with Crippen molar-refractivity contribution in [2.24, 2.45) is 10.9 Å². The van der Waals surface area contributed by atoms with E-state index in [1.54, 1.807) is 0 Å². The van der Waals surface area contributed by atoms with Crippen molar-refractivity contribution in [2.75, 3.05) is 5.73 Å². The Morgan fingerprint density at radius 3 is 2.65 bits per heavy atom. The average molecular weight is 256 g/mol. The maximum Gasteiger partial charge on any atom is 0.374 e. The standard InChI is InChI=1S/C8H8N4O4S/c1-3(7(14)15)16-12-5(6(9)13)4-2-17-8(10)11-4/h2H,1H2,(H2,9,13)(H2,10,11)(H,14,15)/b12-5+. The second kappa shape index (κ2) is 5.07. The van der Waals surface area contributed by atoms with E-state index in [0.29, 0.717) is 0 Å². The average Bonchev–Trinajstić information content (AvgIpc) is 2.64. The minimum atomic E-state index is -1.41. The lowest BCUT2D eigenvalue weighted by Crippen LogP contribution is -2.25. The number of primary amides is 1. The van der Waals surface area contributed by atoms with Gasteiger partial charge in [0.05, 0.1) is 0 Å². The first kappa shape index (κ1) is 12.6. The number of aromatic nitrogens is 1. The maximum absolute atomic E-state index is 11.0. The number of anilines is 1. The smallest absolute Gasteiger partial charge is 0.374 e. The van der Waals surface area contributed by atoms with Crippen molar-refractivity contribution in [1.82, 2.24) is 4.98 Å². The fourth-order valence-corrected chi connectivity index (χ4v) is 1.30. The Balaban J connectivity index is 2.94. The van der Waals surface area contributed by atoms with Gasteiger partial charge in [-0.05, 0) is 6.58 Å². The summed E-state index contributed by atoms with van der Waals surface area (Å²) in [5.74, 6) is -2.98. The first-order valence-corrected chi connectivity index (χ1v) is 4.98. The molecular formula is C8H8N4O4S. The van der Waals surface area contributed by atoms with Gasteiger partial charge in [-0.1, -0.05) is 5.16 Å². The van der Waals surface area contributed by atoms with E-state index in [9.17, 15) is 9.59 Å². The molecule has 0 fully saturated rings. The third-order valence-electron chi connectivity index (χ3n) is 1.48. The topological polar surface area (TPSA) is 141 Å². The summed E-state index contributed by atoms with van der Waals surface area (Å²) >= 11 is 1.07. The lowest BCUT2D eigenvalue weighted by atomic mass is 10.3. The number of thiazole rings is 1. The quantitative estimate of drug-likeness (QED) is 0.281. The van der Waals surface area contributed by atoms with E-state index in [2.05, 4.69) is 21.6 Å². The van der Waals surface area contributed by atoms with E-state index < -0.39 is 17.6 Å². The Kier molecular flexibility index (Phi) is 3.78. The van der Waals surface area contributed by atoms with Crippen molar-refractivity contribution in [3.8, 4) is 0 Å². The van der Waals surface area contributed by atoms with Gasteiger partial charge in [0.15, 0.2) is 10.8 Å². The highest BCUT2D eigenvalue weighted by atomic mass is 32.1. The van der Waals surface area contributed by atoms with Gasteiger partial charge in [0, 0.05) is 5.38 Å². The first-order chi connectivity index (χ1) is 7.91. The number of carboxylic acid groups (broad SMARTS) is 1. The highest BCUT2D eigenvalue weighted by molar-refractivity contribution is 7.13. The summed E-state index contributed by atoms with van der Waals surface area (Å²) in [5, 5.41) is 13.4. The van der Waals surface area contributed by atoms with E-state index in [-0.39, 0.29) is 16.5 Å². The summed E-state index contributed by atoms with van der Waals surface area (Å²) in [7, 11) is 0. The molecule has 0 unspecified atom stereocenters. The predicted molar refractivity (Wildman–Crippen MR) is 60.1 cm³/mol. The first-order valence-electron chi connectivity index (χ1n) is 4.10. The number of nitrogens with zero attached hydrogens (tertiary/aromatic N) is 2. The number of aliphatic carboxylic acids is 1. The molecule has 0 radical (unpaired) electrons. The number of carboxylic acids is 1. The summed E-state index contributed by atoms with van der Waals surface area (Å²) in [6.45, 7) is 3.06. The number of hydrogen-bond donors (Lipinski definition) is 3. The minimum Gasteiger partial charge on any atom is -0.475 e. The van der Waals surface area contributed by atoms with Gasteiger partial charge in [0.1, 0.15) is 5.69 Å². The van der Waals surface area contributed by atoms with Crippen LogP contribution in [0.5, 0.6) is 0 Å². The number of oxime groups is 1. The molecule has 1 amide bonds. The third-order valence-corrected chi connectivity index (χ3v) is 2.16. The molecule has 1 aromatic heterocycles.